The molecule has 0 unspecified atom stereocenters. The fourth-order valence-electron chi connectivity index (χ4n) is 0.369. The number of nitrogens with zero attached hydrogens (tertiary/aromatic N) is 1. The molecule has 1 aliphatic rings. The highest BCUT2D eigenvalue weighted by molar-refractivity contribution is 5.60. The van der Waals surface area contributed by atoms with E-state index < -0.39 is 5.83 Å². The molecule has 0 aromatic carbocycles. The van der Waals surface area contributed by atoms with Crippen LogP contribution in [0.3, 0.4) is 0 Å². The first kappa shape index (κ1) is 5.01. The third-order valence-corrected chi connectivity index (χ3v) is 0.686. The molecule has 1 heterocycles. The van der Waals surface area contributed by atoms with Crippen molar-refractivity contribution in [3.8, 4) is 0 Å². The van der Waals surface area contributed by atoms with Gasteiger partial charge in [0.25, 0.3) is 0 Å². The minimum atomic E-state index is -0.435. The zero-order valence-corrected chi connectivity index (χ0v) is 4.13. The van der Waals surface area contributed by atoms with Gasteiger partial charge in [-0.2, -0.15) is 4.39 Å². The predicted molar refractivity (Wildman–Crippen MR) is 30.3 cm³/mol. The average Bonchev–Trinajstić information content (AvgIpc) is 1.94. The lowest BCUT2D eigenvalue weighted by atomic mass is 10.5. The van der Waals surface area contributed by atoms with Gasteiger partial charge in [0, 0.05) is 12.1 Å². The van der Waals surface area contributed by atoms with Gasteiger partial charge in [0.2, 0.25) is 0 Å². The van der Waals surface area contributed by atoms with Crippen LogP contribution < -0.4 is 0 Å². The highest BCUT2D eigenvalue weighted by atomic mass is 19.1. The summed E-state index contributed by atoms with van der Waals surface area (Å²) in [6, 6.07) is 0. The van der Waals surface area contributed by atoms with Gasteiger partial charge in [-0.3, -0.25) is 0 Å². The van der Waals surface area contributed by atoms with Crippen molar-refractivity contribution >= 4 is 5.87 Å². The summed E-state index contributed by atoms with van der Waals surface area (Å²) in [6.45, 7) is 0. The highest BCUT2D eigenvalue weighted by Gasteiger charge is 1.81. The SMILES string of the molecule is FC1=C=NC=CC=C1. The van der Waals surface area contributed by atoms with E-state index in [1.165, 1.54) is 12.3 Å². The van der Waals surface area contributed by atoms with Gasteiger partial charge in [-0.25, -0.2) is 4.99 Å². The number of hydrogen-bond acceptors (Lipinski definition) is 1. The van der Waals surface area contributed by atoms with Gasteiger partial charge in [-0.05, 0) is 12.2 Å². The van der Waals surface area contributed by atoms with Crippen LogP contribution in [0.15, 0.2) is 35.2 Å². The van der Waals surface area contributed by atoms with Crippen molar-refractivity contribution in [1.29, 1.82) is 0 Å². The van der Waals surface area contributed by atoms with Crippen LogP contribution in [0, 0.1) is 0 Å². The minimum absolute atomic E-state index is 0.435. The monoisotopic (exact) mass is 109 g/mol. The first-order valence-electron chi connectivity index (χ1n) is 2.21. The Kier molecular flexibility index (Phi) is 1.40. The van der Waals surface area contributed by atoms with Crippen LogP contribution in [-0.2, 0) is 0 Å². The van der Waals surface area contributed by atoms with Crippen molar-refractivity contribution in [2.45, 2.75) is 0 Å². The van der Waals surface area contributed by atoms with E-state index in [2.05, 4.69) is 10.9 Å². The van der Waals surface area contributed by atoms with Crippen molar-refractivity contribution in [2.75, 3.05) is 0 Å². The summed E-state index contributed by atoms with van der Waals surface area (Å²) in [5.41, 5.74) is 0. The molecule has 0 saturated heterocycles. The Bertz CT molecular complexity index is 195. The van der Waals surface area contributed by atoms with E-state index in [1.54, 1.807) is 12.2 Å². The quantitative estimate of drug-likeness (QED) is 0.448. The minimum Gasteiger partial charge on any atom is -0.211 e. The van der Waals surface area contributed by atoms with Crippen LogP contribution in [0.2, 0.25) is 0 Å². The summed E-state index contributed by atoms with van der Waals surface area (Å²) in [5, 5.41) is 0. The highest BCUT2D eigenvalue weighted by Crippen LogP contribution is 1.94. The molecule has 2 heteroatoms. The maximum Gasteiger partial charge on any atom is 0.184 e. The molecule has 1 rings (SSSR count). The van der Waals surface area contributed by atoms with E-state index >= 15 is 0 Å². The third kappa shape index (κ3) is 1.17. The van der Waals surface area contributed by atoms with Gasteiger partial charge >= 0.3 is 0 Å². The summed E-state index contributed by atoms with van der Waals surface area (Å²) in [6.07, 6.45) is 5.98. The van der Waals surface area contributed by atoms with Gasteiger partial charge in [-0.1, -0.05) is 6.08 Å². The summed E-state index contributed by atoms with van der Waals surface area (Å²) >= 11 is 0. The molecule has 8 heavy (non-hydrogen) atoms. The third-order valence-electron chi connectivity index (χ3n) is 0.686. The Morgan fingerprint density at radius 1 is 1.50 bits per heavy atom. The molecule has 1 aliphatic heterocycles. The largest absolute Gasteiger partial charge is 0.211 e. The van der Waals surface area contributed by atoms with E-state index in [1.807, 2.05) is 0 Å². The van der Waals surface area contributed by atoms with Crippen molar-refractivity contribution in [2.24, 2.45) is 4.99 Å². The number of allylic oxidation sites excluding steroid dienone is 4. The standard InChI is InChI=1S/C6H4FN/c7-6-3-1-2-4-8-5-6/h1-4H. The molecule has 1 nitrogen and oxygen atoms in total. The van der Waals surface area contributed by atoms with E-state index in [0.29, 0.717) is 0 Å². The summed E-state index contributed by atoms with van der Waals surface area (Å²) < 4.78 is 12.0. The zero-order valence-electron chi connectivity index (χ0n) is 4.13. The molecule has 0 aromatic heterocycles. The Hall–Kier alpha value is -1.14. The average molecular weight is 109 g/mol. The second kappa shape index (κ2) is 2.24. The fraction of sp³-hybridized carbons (Fsp3) is 0. The van der Waals surface area contributed by atoms with Crippen LogP contribution in [0.5, 0.6) is 0 Å². The van der Waals surface area contributed by atoms with Crippen LogP contribution in [0.25, 0.3) is 0 Å². The van der Waals surface area contributed by atoms with Crippen LogP contribution >= 0.6 is 0 Å². The summed E-state index contributed by atoms with van der Waals surface area (Å²) in [4.78, 5) is 3.45. The zero-order chi connectivity index (χ0) is 5.82. The maximum atomic E-state index is 12.0. The van der Waals surface area contributed by atoms with Crippen molar-refractivity contribution in [3.63, 3.8) is 0 Å². The van der Waals surface area contributed by atoms with Crippen LogP contribution in [-0.4, -0.2) is 5.87 Å². The molecule has 0 bridgehead atoms. The predicted octanol–water partition coefficient (Wildman–Crippen LogP) is 1.59. The molecule has 0 aliphatic carbocycles. The molecule has 0 N–H and O–H groups in total. The molecular formula is C6H4FN. The number of rotatable bonds is 0. The summed E-state index contributed by atoms with van der Waals surface area (Å²) in [5.74, 6) is 1.71. The number of hydrogen-bond donors (Lipinski definition) is 0. The molecule has 0 fully saturated rings. The lowest BCUT2D eigenvalue weighted by Crippen LogP contribution is -1.59. The maximum absolute atomic E-state index is 12.0. The van der Waals surface area contributed by atoms with Crippen molar-refractivity contribution in [3.05, 3.63) is 30.3 Å². The molecule has 0 aromatic rings. The van der Waals surface area contributed by atoms with E-state index in [0.717, 1.165) is 0 Å². The number of halogens is 1. The Labute approximate surface area is 46.6 Å². The van der Waals surface area contributed by atoms with Crippen molar-refractivity contribution in [1.82, 2.24) is 0 Å². The van der Waals surface area contributed by atoms with E-state index in [9.17, 15) is 4.39 Å². The molecule has 0 spiro atoms. The van der Waals surface area contributed by atoms with Crippen molar-refractivity contribution < 1.29 is 4.39 Å². The van der Waals surface area contributed by atoms with Crippen LogP contribution in [0.4, 0.5) is 4.39 Å². The van der Waals surface area contributed by atoms with Gasteiger partial charge in [0.1, 0.15) is 0 Å². The lowest BCUT2D eigenvalue weighted by molar-refractivity contribution is 0.679. The molecule has 0 amide bonds. The Morgan fingerprint density at radius 3 is 3.25 bits per heavy atom. The second-order valence-electron chi connectivity index (χ2n) is 1.29. The molecule has 0 radical (unpaired) electrons. The van der Waals surface area contributed by atoms with E-state index in [-0.39, 0.29) is 0 Å². The first-order valence-corrected chi connectivity index (χ1v) is 2.21. The van der Waals surface area contributed by atoms with Gasteiger partial charge < -0.3 is 0 Å². The first-order chi connectivity index (χ1) is 3.89. The van der Waals surface area contributed by atoms with Gasteiger partial charge in [0.15, 0.2) is 5.83 Å². The molecular weight excluding hydrogens is 105 g/mol. The fourth-order valence-corrected chi connectivity index (χ4v) is 0.369. The normalized spacial score (nSPS) is 15.9. The molecule has 40 valence electrons. The molecule has 0 atom stereocenters. The summed E-state index contributed by atoms with van der Waals surface area (Å²) in [7, 11) is 0. The topological polar surface area (TPSA) is 12.4 Å². The Morgan fingerprint density at radius 2 is 2.38 bits per heavy atom. The van der Waals surface area contributed by atoms with Crippen LogP contribution in [0.1, 0.15) is 0 Å². The molecule has 0 saturated carbocycles. The second-order valence-corrected chi connectivity index (χ2v) is 1.29. The lowest BCUT2D eigenvalue weighted by Gasteiger charge is -1.69. The Balaban J connectivity index is 2.95. The number of aliphatic imine (C=N–C) groups is 1. The van der Waals surface area contributed by atoms with E-state index in [4.69, 9.17) is 0 Å². The van der Waals surface area contributed by atoms with Gasteiger partial charge in [-0.15, -0.1) is 0 Å². The smallest absolute Gasteiger partial charge is 0.184 e. The van der Waals surface area contributed by atoms with Gasteiger partial charge in [0.05, 0.1) is 0 Å².